The molecule has 0 aromatic heterocycles. The summed E-state index contributed by atoms with van der Waals surface area (Å²) >= 11 is 0. The number of carbonyl (C=O) groups excluding carboxylic acids is 7. The van der Waals surface area contributed by atoms with Crippen molar-refractivity contribution in [2.75, 3.05) is 23.9 Å². The summed E-state index contributed by atoms with van der Waals surface area (Å²) in [6.45, 7) is 6.65. The number of ketones is 2. The zero-order chi connectivity index (χ0) is 33.7. The number of nitrogens with zero attached hydrogens (tertiary/aromatic N) is 1. The molecule has 4 atom stereocenters. The summed E-state index contributed by atoms with van der Waals surface area (Å²) in [5, 5.41) is 5.46. The highest BCUT2D eigenvalue weighted by atomic mass is 32.2. The number of ether oxygens (including phenoxy) is 1. The second kappa shape index (κ2) is 18.1. The maximum absolute atomic E-state index is 13.2. The molecule has 2 N–H and O–H groups in total. The van der Waals surface area contributed by atoms with Gasteiger partial charge in [0.05, 0.1) is 6.04 Å². The molecular formula is C32H43N3O9S. The molecule has 1 aliphatic rings. The second-order valence-electron chi connectivity index (χ2n) is 11.6. The molecule has 4 amide bonds. The van der Waals surface area contributed by atoms with Gasteiger partial charge in [0.25, 0.3) is 11.8 Å². The number of anilines is 1. The van der Waals surface area contributed by atoms with E-state index in [1.807, 2.05) is 13.8 Å². The van der Waals surface area contributed by atoms with Crippen LogP contribution in [0, 0.1) is 17.8 Å². The fourth-order valence-electron chi connectivity index (χ4n) is 4.70. The van der Waals surface area contributed by atoms with Crippen LogP contribution in [0.25, 0.3) is 0 Å². The number of Topliss-reactive ketones (excluding diaryl/α,β-unsaturated/α-hetero) is 2. The van der Waals surface area contributed by atoms with E-state index in [1.54, 1.807) is 24.3 Å². The van der Waals surface area contributed by atoms with Crippen molar-refractivity contribution in [2.24, 2.45) is 17.8 Å². The van der Waals surface area contributed by atoms with Gasteiger partial charge in [0, 0.05) is 85.2 Å². The van der Waals surface area contributed by atoms with Crippen LogP contribution in [-0.4, -0.2) is 74.9 Å². The lowest BCUT2D eigenvalue weighted by Crippen LogP contribution is -2.44. The molecule has 0 bridgehead atoms. The average molecular weight is 646 g/mol. The number of nitrogens with one attached hydrogen (secondary N) is 2. The summed E-state index contributed by atoms with van der Waals surface area (Å²) in [5.41, 5.74) is 1.20. The molecule has 0 saturated heterocycles. The molecule has 1 aromatic carbocycles. The van der Waals surface area contributed by atoms with Gasteiger partial charge in [0.15, 0.2) is 5.78 Å². The number of carbonyl (C=O) groups is 7. The molecule has 45 heavy (non-hydrogen) atoms. The third-order valence-corrected chi connectivity index (χ3v) is 8.00. The van der Waals surface area contributed by atoms with Crippen molar-refractivity contribution in [3.63, 3.8) is 0 Å². The van der Waals surface area contributed by atoms with E-state index in [4.69, 9.17) is 4.74 Å². The predicted molar refractivity (Wildman–Crippen MR) is 168 cm³/mol. The topological polar surface area (TPSA) is 173 Å². The molecule has 1 unspecified atom stereocenters. The van der Waals surface area contributed by atoms with E-state index in [1.165, 1.54) is 20.1 Å². The fourth-order valence-corrected chi connectivity index (χ4v) is 5.31. The van der Waals surface area contributed by atoms with Crippen molar-refractivity contribution in [1.82, 2.24) is 10.2 Å². The van der Waals surface area contributed by atoms with E-state index in [2.05, 4.69) is 10.6 Å². The average Bonchev–Trinajstić information content (AvgIpc) is 3.28. The van der Waals surface area contributed by atoms with Gasteiger partial charge in [-0.3, -0.25) is 42.7 Å². The number of hydrogen-bond donors (Lipinski definition) is 2. The third kappa shape index (κ3) is 13.3. The Bertz CT molecular complexity index is 1310. The van der Waals surface area contributed by atoms with Crippen LogP contribution in [0.15, 0.2) is 36.4 Å². The number of imide groups is 1. The predicted octanol–water partition coefficient (Wildman–Crippen LogP) is 2.47. The van der Waals surface area contributed by atoms with E-state index in [0.29, 0.717) is 12.1 Å². The molecule has 246 valence electrons. The largest absolute Gasteiger partial charge is 0.461 e. The van der Waals surface area contributed by atoms with Gasteiger partial charge in [-0.05, 0) is 43.4 Å². The molecule has 0 radical (unpaired) electrons. The standard InChI is InChI=1S/C32H43N3O9S/c1-20(2)16-25(17-27(37)12-14-35-29(39)10-11-30(35)40)32(42)33-21(3)28(38)18-24(13-15-45(5)43)31(41)34-26-8-6-23(7-9-26)19-44-22(4)36/h6-11,20-21,24-25H,12-19H2,1-5H3,(H,33,42)(H,34,41)/t21-,24+,25-,45?/m0/s1. The molecule has 2 rings (SSSR count). The molecule has 0 aliphatic carbocycles. The molecule has 1 aliphatic heterocycles. The minimum atomic E-state index is -1.20. The van der Waals surface area contributed by atoms with Crippen LogP contribution in [-0.2, 0) is 55.7 Å². The molecule has 1 heterocycles. The normalized spacial score (nSPS) is 15.4. The first kappa shape index (κ1) is 37.2. The van der Waals surface area contributed by atoms with Crippen molar-refractivity contribution in [3.05, 3.63) is 42.0 Å². The van der Waals surface area contributed by atoms with Gasteiger partial charge in [-0.2, -0.15) is 0 Å². The van der Waals surface area contributed by atoms with Crippen molar-refractivity contribution in [1.29, 1.82) is 0 Å². The highest BCUT2D eigenvalue weighted by Crippen LogP contribution is 2.20. The van der Waals surface area contributed by atoms with Crippen molar-refractivity contribution in [2.45, 2.75) is 72.4 Å². The highest BCUT2D eigenvalue weighted by molar-refractivity contribution is 7.84. The van der Waals surface area contributed by atoms with Gasteiger partial charge in [-0.15, -0.1) is 0 Å². The first-order valence-corrected chi connectivity index (χ1v) is 16.6. The monoisotopic (exact) mass is 645 g/mol. The Labute approximate surface area is 266 Å². The van der Waals surface area contributed by atoms with Crippen LogP contribution in [0.5, 0.6) is 0 Å². The summed E-state index contributed by atoms with van der Waals surface area (Å²) in [4.78, 5) is 87.7. The SMILES string of the molecule is CC(=O)OCc1ccc(NC(=O)[C@H](CCS(C)=O)CC(=O)[C@H](C)NC(=O)[C@H](CC(=O)CCN2C(=O)C=CC2=O)CC(C)C)cc1. The van der Waals surface area contributed by atoms with Crippen molar-refractivity contribution >= 4 is 57.7 Å². The molecule has 12 nitrogen and oxygen atoms in total. The lowest BCUT2D eigenvalue weighted by atomic mass is 9.90. The summed E-state index contributed by atoms with van der Waals surface area (Å²) in [6, 6.07) is 5.72. The van der Waals surface area contributed by atoms with Gasteiger partial charge in [0.2, 0.25) is 11.8 Å². The van der Waals surface area contributed by atoms with Gasteiger partial charge in [-0.25, -0.2) is 0 Å². The maximum Gasteiger partial charge on any atom is 0.302 e. The molecule has 13 heteroatoms. The van der Waals surface area contributed by atoms with E-state index >= 15 is 0 Å². The van der Waals surface area contributed by atoms with Crippen LogP contribution >= 0.6 is 0 Å². The number of hydrogen-bond acceptors (Lipinski definition) is 9. The van der Waals surface area contributed by atoms with Crippen LogP contribution in [0.4, 0.5) is 5.69 Å². The maximum atomic E-state index is 13.2. The Morgan fingerprint density at radius 1 is 0.911 bits per heavy atom. The first-order valence-electron chi connectivity index (χ1n) is 14.9. The van der Waals surface area contributed by atoms with E-state index in [9.17, 15) is 37.8 Å². The Balaban J connectivity index is 2.00. The summed E-state index contributed by atoms with van der Waals surface area (Å²) < 4.78 is 16.7. The minimum absolute atomic E-state index is 0.0706. The summed E-state index contributed by atoms with van der Waals surface area (Å²) in [6.07, 6.45) is 3.97. The lowest BCUT2D eigenvalue weighted by Gasteiger charge is -2.22. The zero-order valence-corrected chi connectivity index (χ0v) is 27.3. The Morgan fingerprint density at radius 3 is 2.09 bits per heavy atom. The molecule has 0 spiro atoms. The number of esters is 1. The highest BCUT2D eigenvalue weighted by Gasteiger charge is 2.30. The fraction of sp³-hybridized carbons (Fsp3) is 0.531. The van der Waals surface area contributed by atoms with E-state index < -0.39 is 64.1 Å². The van der Waals surface area contributed by atoms with Crippen LogP contribution in [0.1, 0.15) is 65.4 Å². The minimum Gasteiger partial charge on any atom is -0.461 e. The molecule has 1 aromatic rings. The third-order valence-electron chi connectivity index (χ3n) is 7.19. The second-order valence-corrected chi connectivity index (χ2v) is 13.2. The zero-order valence-electron chi connectivity index (χ0n) is 26.5. The number of amides is 4. The Hall–Kier alpha value is -4.00. The van der Waals surface area contributed by atoms with Gasteiger partial charge in [0.1, 0.15) is 12.4 Å². The van der Waals surface area contributed by atoms with Crippen LogP contribution in [0.2, 0.25) is 0 Å². The summed E-state index contributed by atoms with van der Waals surface area (Å²) in [7, 11) is -1.20. The van der Waals surface area contributed by atoms with Crippen molar-refractivity contribution in [3.8, 4) is 0 Å². The van der Waals surface area contributed by atoms with E-state index in [0.717, 1.165) is 22.6 Å². The van der Waals surface area contributed by atoms with Crippen LogP contribution < -0.4 is 10.6 Å². The quantitative estimate of drug-likeness (QED) is 0.169. The first-order chi connectivity index (χ1) is 21.2. The summed E-state index contributed by atoms with van der Waals surface area (Å²) in [5.74, 6) is -4.22. The number of benzene rings is 1. The number of rotatable bonds is 19. The van der Waals surface area contributed by atoms with Gasteiger partial charge >= 0.3 is 5.97 Å². The smallest absolute Gasteiger partial charge is 0.302 e. The molecular weight excluding hydrogens is 602 g/mol. The van der Waals surface area contributed by atoms with E-state index in [-0.39, 0.29) is 56.3 Å². The van der Waals surface area contributed by atoms with Gasteiger partial charge in [-0.1, -0.05) is 26.0 Å². The molecule has 0 fully saturated rings. The van der Waals surface area contributed by atoms with Gasteiger partial charge < -0.3 is 15.4 Å². The van der Waals surface area contributed by atoms with Crippen molar-refractivity contribution < 1.29 is 42.5 Å². The lowest BCUT2D eigenvalue weighted by molar-refractivity contribution is -0.142. The Kier molecular flexibility index (Phi) is 14.9. The molecule has 0 saturated carbocycles. The van der Waals surface area contributed by atoms with Crippen LogP contribution in [0.3, 0.4) is 0 Å². The Morgan fingerprint density at radius 2 is 1.53 bits per heavy atom.